The molecule has 1 aliphatic rings. The molecule has 4 aromatic rings. The van der Waals surface area contributed by atoms with Crippen LogP contribution in [0.2, 0.25) is 0 Å². The van der Waals surface area contributed by atoms with Gasteiger partial charge >= 0.3 is 0 Å². The third kappa shape index (κ3) is 4.24. The predicted octanol–water partition coefficient (Wildman–Crippen LogP) is 1.68. The third-order valence-electron chi connectivity index (χ3n) is 5.93. The highest BCUT2D eigenvalue weighted by atomic mass is 16.2. The Hall–Kier alpha value is -3.92. The van der Waals surface area contributed by atoms with Gasteiger partial charge in [-0.3, -0.25) is 19.1 Å². The summed E-state index contributed by atoms with van der Waals surface area (Å²) in [7, 11) is 3.85. The van der Waals surface area contributed by atoms with Crippen LogP contribution in [0.3, 0.4) is 0 Å². The van der Waals surface area contributed by atoms with E-state index in [9.17, 15) is 4.79 Å². The van der Waals surface area contributed by atoms with Crippen molar-refractivity contribution in [2.45, 2.75) is 12.6 Å². The first-order chi connectivity index (χ1) is 16.1. The van der Waals surface area contributed by atoms with Gasteiger partial charge in [-0.05, 0) is 37.4 Å². The molecule has 4 aromatic heterocycles. The zero-order chi connectivity index (χ0) is 22.8. The Bertz CT molecular complexity index is 1240. The average molecular weight is 444 g/mol. The maximum atomic E-state index is 13.1. The SMILES string of the molecule is CN(Cc1ccccn1)C(=O)c1ccc2nnc(C3CN(c4ncccn4)CCN3C)n2c1. The second kappa shape index (κ2) is 8.91. The van der Waals surface area contributed by atoms with Crippen molar-refractivity contribution in [1.82, 2.24) is 39.3 Å². The number of aromatic nitrogens is 6. The molecular formula is C23H25N9O. The Balaban J connectivity index is 1.41. The topological polar surface area (TPSA) is 95.7 Å². The quantitative estimate of drug-likeness (QED) is 0.460. The molecule has 0 N–H and O–H groups in total. The first-order valence-electron chi connectivity index (χ1n) is 10.8. The van der Waals surface area contributed by atoms with Gasteiger partial charge in [-0.1, -0.05) is 6.07 Å². The molecule has 1 fully saturated rings. The van der Waals surface area contributed by atoms with Crippen molar-refractivity contribution in [1.29, 1.82) is 0 Å². The van der Waals surface area contributed by atoms with E-state index in [-0.39, 0.29) is 11.9 Å². The maximum absolute atomic E-state index is 13.1. The van der Waals surface area contributed by atoms with Gasteiger partial charge in [0, 0.05) is 51.5 Å². The van der Waals surface area contributed by atoms with Gasteiger partial charge in [-0.2, -0.15) is 0 Å². The molecule has 1 saturated heterocycles. The van der Waals surface area contributed by atoms with Crippen molar-refractivity contribution in [2.24, 2.45) is 0 Å². The number of fused-ring (bicyclic) bond motifs is 1. The lowest BCUT2D eigenvalue weighted by Crippen LogP contribution is -2.47. The van der Waals surface area contributed by atoms with Crippen LogP contribution in [0.1, 0.15) is 27.9 Å². The molecule has 1 aliphatic heterocycles. The lowest BCUT2D eigenvalue weighted by Gasteiger charge is -2.38. The van der Waals surface area contributed by atoms with Gasteiger partial charge in [-0.15, -0.1) is 10.2 Å². The summed E-state index contributed by atoms with van der Waals surface area (Å²) in [6.45, 7) is 2.78. The van der Waals surface area contributed by atoms with Gasteiger partial charge in [0.25, 0.3) is 5.91 Å². The van der Waals surface area contributed by atoms with E-state index in [0.717, 1.165) is 24.6 Å². The Labute approximate surface area is 191 Å². The second-order valence-corrected chi connectivity index (χ2v) is 8.18. The maximum Gasteiger partial charge on any atom is 0.255 e. The molecule has 0 radical (unpaired) electrons. The summed E-state index contributed by atoms with van der Waals surface area (Å²) in [4.78, 5) is 32.3. The van der Waals surface area contributed by atoms with E-state index >= 15 is 0 Å². The number of piperazine rings is 1. The molecule has 168 valence electrons. The summed E-state index contributed by atoms with van der Waals surface area (Å²) in [5.41, 5.74) is 2.12. The third-order valence-corrected chi connectivity index (χ3v) is 5.93. The molecule has 0 saturated carbocycles. The fourth-order valence-electron chi connectivity index (χ4n) is 4.08. The van der Waals surface area contributed by atoms with Crippen LogP contribution in [0, 0.1) is 0 Å². The summed E-state index contributed by atoms with van der Waals surface area (Å²) in [6, 6.07) is 11.1. The number of amides is 1. The zero-order valence-corrected chi connectivity index (χ0v) is 18.6. The summed E-state index contributed by atoms with van der Waals surface area (Å²) in [6.07, 6.45) is 7.06. The van der Waals surface area contributed by atoms with Crippen LogP contribution in [-0.4, -0.2) is 79.0 Å². The normalized spacial score (nSPS) is 16.8. The minimum atomic E-state index is -0.0847. The van der Waals surface area contributed by atoms with Crippen molar-refractivity contribution in [3.05, 3.63) is 78.3 Å². The standard InChI is InChI=1S/C23H25N9O/c1-29-12-13-31(23-25-10-5-11-26-23)16-19(29)21-28-27-20-8-7-17(14-32(20)21)22(33)30(2)15-18-6-3-4-9-24-18/h3-11,14,19H,12-13,15-16H2,1-2H3. The van der Waals surface area contributed by atoms with Gasteiger partial charge in [0.2, 0.25) is 5.95 Å². The van der Waals surface area contributed by atoms with E-state index in [4.69, 9.17) is 0 Å². The smallest absolute Gasteiger partial charge is 0.255 e. The van der Waals surface area contributed by atoms with Crippen molar-refractivity contribution >= 4 is 17.5 Å². The number of pyridine rings is 2. The van der Waals surface area contributed by atoms with E-state index in [2.05, 4.69) is 42.0 Å². The Kier molecular flexibility index (Phi) is 5.66. The lowest BCUT2D eigenvalue weighted by molar-refractivity contribution is 0.0783. The van der Waals surface area contributed by atoms with Gasteiger partial charge in [0.1, 0.15) is 0 Å². The van der Waals surface area contributed by atoms with Crippen LogP contribution in [0.15, 0.2) is 61.2 Å². The van der Waals surface area contributed by atoms with E-state index in [1.807, 2.05) is 40.9 Å². The summed E-state index contributed by atoms with van der Waals surface area (Å²) < 4.78 is 1.92. The molecule has 10 heteroatoms. The molecule has 1 atom stereocenters. The Morgan fingerprint density at radius 3 is 2.64 bits per heavy atom. The number of likely N-dealkylation sites (N-methyl/N-ethyl adjacent to an activating group) is 1. The van der Waals surface area contributed by atoms with Crippen molar-refractivity contribution < 1.29 is 4.79 Å². The van der Waals surface area contributed by atoms with E-state index < -0.39 is 0 Å². The number of hydrogen-bond donors (Lipinski definition) is 0. The highest BCUT2D eigenvalue weighted by molar-refractivity contribution is 5.94. The average Bonchev–Trinajstić information content (AvgIpc) is 3.28. The lowest BCUT2D eigenvalue weighted by atomic mass is 10.1. The van der Waals surface area contributed by atoms with Gasteiger partial charge in [-0.25, -0.2) is 9.97 Å². The number of anilines is 1. The molecule has 10 nitrogen and oxygen atoms in total. The number of rotatable bonds is 5. The molecule has 0 aliphatic carbocycles. The minimum Gasteiger partial charge on any atom is -0.338 e. The monoisotopic (exact) mass is 443 g/mol. The fraction of sp³-hybridized carbons (Fsp3) is 0.304. The largest absolute Gasteiger partial charge is 0.338 e. The van der Waals surface area contributed by atoms with E-state index in [1.54, 1.807) is 36.6 Å². The van der Waals surface area contributed by atoms with Gasteiger partial charge in [0.05, 0.1) is 23.8 Å². The summed E-state index contributed by atoms with van der Waals surface area (Å²) in [5.74, 6) is 1.41. The zero-order valence-electron chi connectivity index (χ0n) is 18.6. The summed E-state index contributed by atoms with van der Waals surface area (Å²) in [5, 5.41) is 8.82. The van der Waals surface area contributed by atoms with Crippen LogP contribution in [-0.2, 0) is 6.54 Å². The highest BCUT2D eigenvalue weighted by Crippen LogP contribution is 2.25. The van der Waals surface area contributed by atoms with Crippen LogP contribution in [0.5, 0.6) is 0 Å². The predicted molar refractivity (Wildman–Crippen MR) is 123 cm³/mol. The van der Waals surface area contributed by atoms with Gasteiger partial charge < -0.3 is 9.80 Å². The van der Waals surface area contributed by atoms with Crippen LogP contribution < -0.4 is 4.90 Å². The first-order valence-corrected chi connectivity index (χ1v) is 10.8. The van der Waals surface area contributed by atoms with E-state index in [1.165, 1.54) is 0 Å². The Morgan fingerprint density at radius 1 is 1.03 bits per heavy atom. The van der Waals surface area contributed by atoms with Crippen molar-refractivity contribution in [3.8, 4) is 0 Å². The fourth-order valence-corrected chi connectivity index (χ4v) is 4.08. The molecule has 0 aromatic carbocycles. The number of nitrogens with zero attached hydrogens (tertiary/aromatic N) is 9. The highest BCUT2D eigenvalue weighted by Gasteiger charge is 2.30. The summed E-state index contributed by atoms with van der Waals surface area (Å²) >= 11 is 0. The molecule has 5 rings (SSSR count). The molecular weight excluding hydrogens is 418 g/mol. The molecule has 33 heavy (non-hydrogen) atoms. The second-order valence-electron chi connectivity index (χ2n) is 8.18. The number of carbonyl (C=O) groups excluding carboxylic acids is 1. The van der Waals surface area contributed by atoms with Crippen LogP contribution in [0.25, 0.3) is 5.65 Å². The first kappa shape index (κ1) is 21.0. The minimum absolute atomic E-state index is 0.0193. The molecule has 0 spiro atoms. The molecule has 1 amide bonds. The van der Waals surface area contributed by atoms with Crippen molar-refractivity contribution in [3.63, 3.8) is 0 Å². The molecule has 5 heterocycles. The molecule has 1 unspecified atom stereocenters. The number of hydrogen-bond acceptors (Lipinski definition) is 8. The molecule has 0 bridgehead atoms. The van der Waals surface area contributed by atoms with Crippen molar-refractivity contribution in [2.75, 3.05) is 38.6 Å². The Morgan fingerprint density at radius 2 is 1.85 bits per heavy atom. The number of carbonyl (C=O) groups is 1. The van der Waals surface area contributed by atoms with Gasteiger partial charge in [0.15, 0.2) is 11.5 Å². The van der Waals surface area contributed by atoms with E-state index in [0.29, 0.717) is 30.2 Å². The van der Waals surface area contributed by atoms with Crippen LogP contribution >= 0.6 is 0 Å². The van der Waals surface area contributed by atoms with Crippen LogP contribution in [0.4, 0.5) is 5.95 Å².